The van der Waals surface area contributed by atoms with Gasteiger partial charge in [-0.25, -0.2) is 4.79 Å². The number of hydrogen-bond donors (Lipinski definition) is 3. The van der Waals surface area contributed by atoms with E-state index in [9.17, 15) is 14.4 Å². The largest absolute Gasteiger partial charge is 0.445 e. The number of carbonyl (C=O) groups excluding carboxylic acids is 3. The lowest BCUT2D eigenvalue weighted by Crippen LogP contribution is -2.55. The molecule has 0 heterocycles. The van der Waals surface area contributed by atoms with Gasteiger partial charge in [-0.3, -0.25) is 9.59 Å². The number of ether oxygens (including phenoxy) is 1. The van der Waals surface area contributed by atoms with Crippen LogP contribution in [0.3, 0.4) is 0 Å². The van der Waals surface area contributed by atoms with Crippen LogP contribution in [0.5, 0.6) is 0 Å². The second-order valence-electron chi connectivity index (χ2n) is 8.28. The van der Waals surface area contributed by atoms with Gasteiger partial charge in [0.2, 0.25) is 11.8 Å². The minimum atomic E-state index is -0.915. The molecule has 0 aliphatic rings. The molecule has 0 saturated heterocycles. The van der Waals surface area contributed by atoms with Crippen molar-refractivity contribution in [2.45, 2.75) is 39.0 Å². The molecule has 0 radical (unpaired) electrons. The predicted molar refractivity (Wildman–Crippen MR) is 127 cm³/mol. The summed E-state index contributed by atoms with van der Waals surface area (Å²) in [5.74, 6) is -1.37. The number of fused-ring (bicyclic) bond motifs is 1. The first-order valence-corrected chi connectivity index (χ1v) is 10.9. The van der Waals surface area contributed by atoms with Crippen LogP contribution >= 0.6 is 0 Å². The van der Waals surface area contributed by atoms with Crippen LogP contribution in [0.1, 0.15) is 25.0 Å². The first-order chi connectivity index (χ1) is 15.8. The summed E-state index contributed by atoms with van der Waals surface area (Å²) < 4.78 is 5.23. The summed E-state index contributed by atoms with van der Waals surface area (Å²) in [7, 11) is 0. The number of carbonyl (C=O) groups is 3. The second-order valence-corrected chi connectivity index (χ2v) is 8.28. The smallest absolute Gasteiger partial charge is 0.408 e. The highest BCUT2D eigenvalue weighted by atomic mass is 16.5. The monoisotopic (exact) mass is 447 g/mol. The number of rotatable bonds is 9. The van der Waals surface area contributed by atoms with E-state index in [4.69, 9.17) is 10.5 Å². The zero-order chi connectivity index (χ0) is 23.8. The quantitative estimate of drug-likeness (QED) is 0.467. The molecular formula is C26H29N3O4. The number of amides is 3. The summed E-state index contributed by atoms with van der Waals surface area (Å²) in [5, 5.41) is 7.40. The van der Waals surface area contributed by atoms with Crippen LogP contribution in [0.15, 0.2) is 72.8 Å². The average Bonchev–Trinajstić information content (AvgIpc) is 2.81. The highest BCUT2D eigenvalue weighted by molar-refractivity contribution is 5.91. The summed E-state index contributed by atoms with van der Waals surface area (Å²) >= 11 is 0. The van der Waals surface area contributed by atoms with Crippen LogP contribution in [0, 0.1) is 5.92 Å². The lowest BCUT2D eigenvalue weighted by atomic mass is 9.99. The topological polar surface area (TPSA) is 111 Å². The third-order valence-corrected chi connectivity index (χ3v) is 5.35. The van der Waals surface area contributed by atoms with Crippen LogP contribution in [0.2, 0.25) is 0 Å². The van der Waals surface area contributed by atoms with E-state index < -0.39 is 30.0 Å². The van der Waals surface area contributed by atoms with E-state index in [1.165, 1.54) is 0 Å². The van der Waals surface area contributed by atoms with Crippen LogP contribution in [0.25, 0.3) is 10.8 Å². The first-order valence-electron chi connectivity index (χ1n) is 10.9. The van der Waals surface area contributed by atoms with Crippen molar-refractivity contribution in [3.63, 3.8) is 0 Å². The van der Waals surface area contributed by atoms with Crippen molar-refractivity contribution in [1.29, 1.82) is 0 Å². The number of benzene rings is 3. The minimum Gasteiger partial charge on any atom is -0.445 e. The standard InChI is InChI=1S/C26H29N3O4/c1-17(2)23(29-26(32)33-16-18-8-4-3-5-9-18)25(31)28-22(24(27)30)15-19-12-13-20-10-6-7-11-21(20)14-19/h3-14,17,22-23H,15-16H2,1-2H3,(H2,27,30)(H,28,31)(H,29,32)/t22-,23-/m1/s1. The van der Waals surface area contributed by atoms with Crippen molar-refractivity contribution in [2.24, 2.45) is 11.7 Å². The van der Waals surface area contributed by atoms with E-state index in [0.29, 0.717) is 0 Å². The highest BCUT2D eigenvalue weighted by Crippen LogP contribution is 2.17. The second kappa shape index (κ2) is 11.1. The fraction of sp³-hybridized carbons (Fsp3) is 0.269. The number of primary amides is 1. The van der Waals surface area contributed by atoms with Gasteiger partial charge in [0, 0.05) is 6.42 Å². The molecule has 0 fully saturated rings. The van der Waals surface area contributed by atoms with Gasteiger partial charge in [0.05, 0.1) is 0 Å². The van der Waals surface area contributed by atoms with Gasteiger partial charge in [0.1, 0.15) is 18.7 Å². The Balaban J connectivity index is 1.63. The van der Waals surface area contributed by atoms with Gasteiger partial charge in [-0.15, -0.1) is 0 Å². The third-order valence-electron chi connectivity index (χ3n) is 5.35. The lowest BCUT2D eigenvalue weighted by molar-refractivity contribution is -0.129. The zero-order valence-corrected chi connectivity index (χ0v) is 18.8. The Morgan fingerprint density at radius 3 is 2.18 bits per heavy atom. The van der Waals surface area contributed by atoms with Crippen molar-refractivity contribution in [1.82, 2.24) is 10.6 Å². The van der Waals surface area contributed by atoms with Gasteiger partial charge in [-0.05, 0) is 27.8 Å². The van der Waals surface area contributed by atoms with Gasteiger partial charge in [-0.2, -0.15) is 0 Å². The molecule has 172 valence electrons. The number of nitrogens with two attached hydrogens (primary N) is 1. The lowest BCUT2D eigenvalue weighted by Gasteiger charge is -2.24. The molecule has 2 atom stereocenters. The van der Waals surface area contributed by atoms with Crippen molar-refractivity contribution in [3.8, 4) is 0 Å². The predicted octanol–water partition coefficient (Wildman–Crippen LogP) is 3.30. The van der Waals surface area contributed by atoms with Crippen molar-refractivity contribution in [2.75, 3.05) is 0 Å². The Bertz CT molecular complexity index is 1110. The third kappa shape index (κ3) is 6.80. The zero-order valence-electron chi connectivity index (χ0n) is 18.8. The molecule has 0 unspecified atom stereocenters. The Morgan fingerprint density at radius 1 is 0.848 bits per heavy atom. The molecule has 7 nitrogen and oxygen atoms in total. The molecular weight excluding hydrogens is 418 g/mol. The summed E-state index contributed by atoms with van der Waals surface area (Å²) in [5.41, 5.74) is 7.27. The van der Waals surface area contributed by atoms with E-state index >= 15 is 0 Å². The molecule has 33 heavy (non-hydrogen) atoms. The normalized spacial score (nSPS) is 12.7. The van der Waals surface area contributed by atoms with E-state index in [1.54, 1.807) is 13.8 Å². The molecule has 0 saturated carbocycles. The van der Waals surface area contributed by atoms with Crippen molar-refractivity contribution >= 4 is 28.7 Å². The molecule has 7 heteroatoms. The van der Waals surface area contributed by atoms with Crippen LogP contribution in [-0.2, 0) is 27.4 Å². The van der Waals surface area contributed by atoms with E-state index in [2.05, 4.69) is 10.6 Å². The highest BCUT2D eigenvalue weighted by Gasteiger charge is 2.28. The van der Waals surface area contributed by atoms with E-state index in [1.807, 2.05) is 72.8 Å². The van der Waals surface area contributed by atoms with Crippen LogP contribution in [0.4, 0.5) is 4.79 Å². The van der Waals surface area contributed by atoms with Gasteiger partial charge < -0.3 is 21.1 Å². The maximum absolute atomic E-state index is 12.9. The van der Waals surface area contributed by atoms with Gasteiger partial charge in [0.15, 0.2) is 0 Å². The number of hydrogen-bond acceptors (Lipinski definition) is 4. The van der Waals surface area contributed by atoms with Gasteiger partial charge >= 0.3 is 6.09 Å². The molecule has 0 aliphatic heterocycles. The molecule has 3 amide bonds. The number of nitrogens with one attached hydrogen (secondary N) is 2. The molecule has 0 bridgehead atoms. The molecule has 0 aromatic heterocycles. The molecule has 3 rings (SSSR count). The molecule has 0 aliphatic carbocycles. The Labute approximate surface area is 193 Å². The molecule has 0 spiro atoms. The minimum absolute atomic E-state index is 0.0883. The average molecular weight is 448 g/mol. The van der Waals surface area contributed by atoms with Gasteiger partial charge in [-0.1, -0.05) is 86.6 Å². The fourth-order valence-corrected chi connectivity index (χ4v) is 3.51. The summed E-state index contributed by atoms with van der Waals surface area (Å²) in [6, 6.07) is 21.2. The van der Waals surface area contributed by atoms with Crippen molar-refractivity contribution in [3.05, 3.63) is 83.9 Å². The Hall–Kier alpha value is -3.87. The Morgan fingerprint density at radius 2 is 1.52 bits per heavy atom. The molecule has 3 aromatic carbocycles. The summed E-state index contributed by atoms with van der Waals surface area (Å²) in [6.45, 7) is 3.68. The van der Waals surface area contributed by atoms with E-state index in [-0.39, 0.29) is 18.9 Å². The Kier molecular flexibility index (Phi) is 8.02. The van der Waals surface area contributed by atoms with Crippen LogP contribution < -0.4 is 16.4 Å². The summed E-state index contributed by atoms with van der Waals surface area (Å²) in [4.78, 5) is 37.3. The first kappa shape index (κ1) is 23.8. The maximum Gasteiger partial charge on any atom is 0.408 e. The maximum atomic E-state index is 12.9. The van der Waals surface area contributed by atoms with Crippen LogP contribution in [-0.4, -0.2) is 30.0 Å². The molecule has 3 aromatic rings. The molecule has 4 N–H and O–H groups in total. The van der Waals surface area contributed by atoms with E-state index in [0.717, 1.165) is 21.9 Å². The number of alkyl carbamates (subject to hydrolysis) is 1. The SMILES string of the molecule is CC(C)[C@@H](NC(=O)OCc1ccccc1)C(=O)N[C@H](Cc1ccc2ccccc2c1)C(N)=O. The van der Waals surface area contributed by atoms with Gasteiger partial charge in [0.25, 0.3) is 0 Å². The fourth-order valence-electron chi connectivity index (χ4n) is 3.51. The van der Waals surface area contributed by atoms with Crippen molar-refractivity contribution < 1.29 is 19.1 Å². The summed E-state index contributed by atoms with van der Waals surface area (Å²) in [6.07, 6.45) is -0.465.